The van der Waals surface area contributed by atoms with Gasteiger partial charge in [-0.25, -0.2) is 0 Å². The van der Waals surface area contributed by atoms with Gasteiger partial charge in [0.2, 0.25) is 0 Å². The van der Waals surface area contributed by atoms with Crippen molar-refractivity contribution in [2.45, 2.75) is 57.9 Å². The molecule has 0 saturated heterocycles. The molecule has 1 saturated carbocycles. The average molecular weight is 246 g/mol. The van der Waals surface area contributed by atoms with Crippen LogP contribution in [0.3, 0.4) is 0 Å². The van der Waals surface area contributed by atoms with Crippen LogP contribution in [0.15, 0.2) is 24.4 Å². The molecule has 2 atom stereocenters. The molecule has 2 rings (SSSR count). The first kappa shape index (κ1) is 13.5. The van der Waals surface area contributed by atoms with E-state index in [1.807, 2.05) is 12.3 Å². The number of rotatable bonds is 4. The second-order valence-corrected chi connectivity index (χ2v) is 6.45. The third-order valence-corrected chi connectivity index (χ3v) is 4.05. The SMILES string of the molecule is CC(C)CC1CCCC(N)(Cc2ccccn2)C1. The molecule has 0 aliphatic heterocycles. The van der Waals surface area contributed by atoms with E-state index in [4.69, 9.17) is 5.73 Å². The molecule has 2 N–H and O–H groups in total. The van der Waals surface area contributed by atoms with Crippen LogP contribution < -0.4 is 5.73 Å². The Labute approximate surface area is 111 Å². The van der Waals surface area contributed by atoms with E-state index in [0.29, 0.717) is 0 Å². The van der Waals surface area contributed by atoms with Gasteiger partial charge in [-0.3, -0.25) is 4.98 Å². The number of nitrogens with two attached hydrogens (primary N) is 1. The smallest absolute Gasteiger partial charge is 0.0421 e. The summed E-state index contributed by atoms with van der Waals surface area (Å²) in [7, 11) is 0. The van der Waals surface area contributed by atoms with Crippen molar-refractivity contribution in [3.8, 4) is 0 Å². The lowest BCUT2D eigenvalue weighted by Crippen LogP contribution is -2.46. The molecule has 1 fully saturated rings. The van der Waals surface area contributed by atoms with Gasteiger partial charge in [-0.05, 0) is 43.2 Å². The molecule has 2 unspecified atom stereocenters. The molecule has 18 heavy (non-hydrogen) atoms. The maximum atomic E-state index is 6.62. The Kier molecular flexibility index (Phi) is 4.39. The van der Waals surface area contributed by atoms with E-state index in [2.05, 4.69) is 31.0 Å². The molecule has 0 aromatic carbocycles. The van der Waals surface area contributed by atoms with Crippen molar-refractivity contribution in [3.63, 3.8) is 0 Å². The summed E-state index contributed by atoms with van der Waals surface area (Å²) in [6.45, 7) is 4.62. The van der Waals surface area contributed by atoms with E-state index in [1.165, 1.54) is 25.7 Å². The Morgan fingerprint density at radius 2 is 2.28 bits per heavy atom. The van der Waals surface area contributed by atoms with Gasteiger partial charge < -0.3 is 5.73 Å². The third-order valence-electron chi connectivity index (χ3n) is 4.05. The average Bonchev–Trinajstić information content (AvgIpc) is 2.28. The summed E-state index contributed by atoms with van der Waals surface area (Å²) in [5, 5.41) is 0. The van der Waals surface area contributed by atoms with Crippen LogP contribution in [0.5, 0.6) is 0 Å². The minimum atomic E-state index is -0.0217. The fraction of sp³-hybridized carbons (Fsp3) is 0.688. The van der Waals surface area contributed by atoms with Gasteiger partial charge in [-0.2, -0.15) is 0 Å². The Morgan fingerprint density at radius 3 is 2.94 bits per heavy atom. The van der Waals surface area contributed by atoms with Gasteiger partial charge in [0.05, 0.1) is 0 Å². The van der Waals surface area contributed by atoms with Gasteiger partial charge in [-0.15, -0.1) is 0 Å². The van der Waals surface area contributed by atoms with Gasteiger partial charge in [-0.1, -0.05) is 32.8 Å². The van der Waals surface area contributed by atoms with E-state index >= 15 is 0 Å². The first-order valence-electron chi connectivity index (χ1n) is 7.26. The summed E-state index contributed by atoms with van der Waals surface area (Å²) in [6.07, 6.45) is 9.08. The number of hydrogen-bond acceptors (Lipinski definition) is 2. The van der Waals surface area contributed by atoms with Crippen molar-refractivity contribution in [1.29, 1.82) is 0 Å². The zero-order valence-electron chi connectivity index (χ0n) is 11.7. The lowest BCUT2D eigenvalue weighted by molar-refractivity contribution is 0.199. The highest BCUT2D eigenvalue weighted by molar-refractivity contribution is 5.09. The highest BCUT2D eigenvalue weighted by Crippen LogP contribution is 2.35. The van der Waals surface area contributed by atoms with E-state index in [1.54, 1.807) is 0 Å². The molecule has 0 spiro atoms. The Balaban J connectivity index is 1.97. The van der Waals surface area contributed by atoms with Crippen LogP contribution in [-0.4, -0.2) is 10.5 Å². The fourth-order valence-corrected chi connectivity index (χ4v) is 3.41. The van der Waals surface area contributed by atoms with Gasteiger partial charge in [0.1, 0.15) is 0 Å². The van der Waals surface area contributed by atoms with Gasteiger partial charge in [0.15, 0.2) is 0 Å². The molecular formula is C16H26N2. The molecule has 1 aromatic rings. The Bertz CT molecular complexity index is 361. The highest BCUT2D eigenvalue weighted by atomic mass is 14.8. The van der Waals surface area contributed by atoms with Crippen molar-refractivity contribution in [1.82, 2.24) is 4.98 Å². The van der Waals surface area contributed by atoms with Crippen LogP contribution in [-0.2, 0) is 6.42 Å². The Morgan fingerprint density at radius 1 is 1.44 bits per heavy atom. The highest BCUT2D eigenvalue weighted by Gasteiger charge is 2.33. The summed E-state index contributed by atoms with van der Waals surface area (Å²) in [4.78, 5) is 4.42. The lowest BCUT2D eigenvalue weighted by atomic mass is 9.72. The van der Waals surface area contributed by atoms with Crippen molar-refractivity contribution >= 4 is 0 Å². The van der Waals surface area contributed by atoms with Gasteiger partial charge >= 0.3 is 0 Å². The monoisotopic (exact) mass is 246 g/mol. The van der Waals surface area contributed by atoms with E-state index in [0.717, 1.165) is 30.4 Å². The van der Waals surface area contributed by atoms with Crippen LogP contribution in [0.4, 0.5) is 0 Å². The normalized spacial score (nSPS) is 28.6. The zero-order valence-corrected chi connectivity index (χ0v) is 11.7. The third kappa shape index (κ3) is 3.81. The molecular weight excluding hydrogens is 220 g/mol. The number of hydrogen-bond donors (Lipinski definition) is 1. The van der Waals surface area contributed by atoms with Gasteiger partial charge in [0, 0.05) is 23.9 Å². The molecule has 1 aromatic heterocycles. The van der Waals surface area contributed by atoms with Crippen LogP contribution in [0.1, 0.15) is 51.6 Å². The number of pyridine rings is 1. The molecule has 1 aliphatic rings. The molecule has 1 heterocycles. The summed E-state index contributed by atoms with van der Waals surface area (Å²) in [6, 6.07) is 6.12. The van der Waals surface area contributed by atoms with Crippen LogP contribution >= 0.6 is 0 Å². The molecule has 0 amide bonds. The Hall–Kier alpha value is -0.890. The standard InChI is InChI=1S/C16H26N2/c1-13(2)10-14-6-5-8-16(17,11-14)12-15-7-3-4-9-18-15/h3-4,7,9,13-14H,5-6,8,10-12,17H2,1-2H3. The molecule has 100 valence electrons. The second kappa shape index (κ2) is 5.83. The minimum Gasteiger partial charge on any atom is -0.325 e. The second-order valence-electron chi connectivity index (χ2n) is 6.45. The first-order valence-corrected chi connectivity index (χ1v) is 7.26. The predicted molar refractivity (Wildman–Crippen MR) is 76.3 cm³/mol. The van der Waals surface area contributed by atoms with E-state index < -0.39 is 0 Å². The van der Waals surface area contributed by atoms with E-state index in [9.17, 15) is 0 Å². The number of nitrogens with zero attached hydrogens (tertiary/aromatic N) is 1. The molecule has 0 radical (unpaired) electrons. The molecule has 2 nitrogen and oxygen atoms in total. The topological polar surface area (TPSA) is 38.9 Å². The maximum absolute atomic E-state index is 6.62. The first-order chi connectivity index (χ1) is 8.57. The van der Waals surface area contributed by atoms with Crippen molar-refractivity contribution in [2.24, 2.45) is 17.6 Å². The number of aromatic nitrogens is 1. The zero-order chi connectivity index (χ0) is 13.0. The largest absolute Gasteiger partial charge is 0.325 e. The lowest BCUT2D eigenvalue weighted by Gasteiger charge is -2.38. The quantitative estimate of drug-likeness (QED) is 0.882. The van der Waals surface area contributed by atoms with Crippen molar-refractivity contribution in [2.75, 3.05) is 0 Å². The summed E-state index contributed by atoms with van der Waals surface area (Å²) >= 11 is 0. The molecule has 0 bridgehead atoms. The van der Waals surface area contributed by atoms with Crippen molar-refractivity contribution < 1.29 is 0 Å². The summed E-state index contributed by atoms with van der Waals surface area (Å²) < 4.78 is 0. The van der Waals surface area contributed by atoms with E-state index in [-0.39, 0.29) is 5.54 Å². The van der Waals surface area contributed by atoms with Gasteiger partial charge in [0.25, 0.3) is 0 Å². The van der Waals surface area contributed by atoms with Crippen molar-refractivity contribution in [3.05, 3.63) is 30.1 Å². The molecule has 2 heteroatoms. The maximum Gasteiger partial charge on any atom is 0.0421 e. The predicted octanol–water partition coefficient (Wildman–Crippen LogP) is 3.56. The summed E-state index contributed by atoms with van der Waals surface area (Å²) in [5.74, 6) is 1.60. The minimum absolute atomic E-state index is 0.0217. The van der Waals surface area contributed by atoms with Crippen LogP contribution in [0, 0.1) is 11.8 Å². The van der Waals surface area contributed by atoms with Crippen LogP contribution in [0.2, 0.25) is 0 Å². The van der Waals surface area contributed by atoms with Crippen LogP contribution in [0.25, 0.3) is 0 Å². The molecule has 1 aliphatic carbocycles. The fourth-order valence-electron chi connectivity index (χ4n) is 3.41. The summed E-state index contributed by atoms with van der Waals surface area (Å²) in [5.41, 5.74) is 7.74.